The van der Waals surface area contributed by atoms with Gasteiger partial charge in [-0.25, -0.2) is 14.6 Å². The van der Waals surface area contributed by atoms with E-state index >= 15 is 0 Å². The van der Waals surface area contributed by atoms with Gasteiger partial charge >= 0.3 is 29.8 Å². The van der Waals surface area contributed by atoms with Crippen LogP contribution in [0.2, 0.25) is 0 Å². The first-order valence-electron chi connectivity index (χ1n) is 19.3. The molecule has 0 aliphatic rings. The Bertz CT molecular complexity index is 1630. The largest absolute Gasteiger partial charge is 0.481 e. The zero-order valence-electron chi connectivity index (χ0n) is 32.9. The first kappa shape index (κ1) is 51.0. The number of Topliss-reactive ketones (excluding diaryl/α,β-unsaturated/α-hetero) is 3. The van der Waals surface area contributed by atoms with Gasteiger partial charge in [-0.15, -0.1) is 0 Å². The highest BCUT2D eigenvalue weighted by Gasteiger charge is 2.28. The van der Waals surface area contributed by atoms with Gasteiger partial charge in [0.2, 0.25) is 17.7 Å². The Morgan fingerprint density at radius 3 is 1.54 bits per heavy atom. The number of aryl methyl sites for hydroxylation is 1. The SMILES string of the molecule is CC(=O)C[C@@H](CCC(=O)N[C@@H](CCC(=O)C[C@@H](CCC(=O)N[C@@H](CCC(=O)NCCCC[C@H](CCC(=O)CCc1cnc[nH]1)C(=O)O)C(=O)O)C(=O)O)C(=O)O)C(=O)O. The van der Waals surface area contributed by atoms with Gasteiger partial charge in [-0.3, -0.25) is 38.4 Å². The van der Waals surface area contributed by atoms with Crippen LogP contribution in [-0.2, 0) is 59.2 Å². The van der Waals surface area contributed by atoms with Crippen molar-refractivity contribution in [1.29, 1.82) is 0 Å². The van der Waals surface area contributed by atoms with Crippen LogP contribution in [0.3, 0.4) is 0 Å². The number of ketones is 3. The summed E-state index contributed by atoms with van der Waals surface area (Å²) in [7, 11) is 0. The minimum absolute atomic E-state index is 0.0601. The number of hydrogen-bond donors (Lipinski definition) is 9. The van der Waals surface area contributed by atoms with E-state index in [4.69, 9.17) is 0 Å². The molecule has 1 rings (SSSR count). The number of hydrogen-bond acceptors (Lipinski definition) is 12. The third-order valence-electron chi connectivity index (χ3n) is 9.44. The Hall–Kier alpha value is -6.02. The fraction of sp³-hybridized carbons (Fsp3) is 0.632. The molecule has 0 saturated heterocycles. The lowest BCUT2D eigenvalue weighted by Crippen LogP contribution is -2.42. The monoisotopic (exact) mass is 837 g/mol. The molecule has 0 aliphatic carbocycles. The highest BCUT2D eigenvalue weighted by molar-refractivity contribution is 5.88. The van der Waals surface area contributed by atoms with Crippen LogP contribution in [0.25, 0.3) is 0 Å². The van der Waals surface area contributed by atoms with E-state index < -0.39 is 121 Å². The standard InChI is InChI=1S/C38H55N5O16/c1-22(44)18-24(35(52)53)6-14-32(48)42-29(37(56)57)12-11-28(46)19-25(36(54)55)7-15-33(49)43-30(38(58)59)13-16-31(47)40-17-3-2-4-23(34(50)51)5-9-27(45)10-8-26-20-39-21-41-26/h20-21,23-25,29-30H,2-19H2,1H3,(H,39,41)(H,40,47)(H,42,48)(H,43,49)(H,50,51)(H,52,53)(H,54,55)(H,56,57)(H,58,59)/t23-,24-,25-,29+,30+/m1/s1. The molecule has 0 unspecified atom stereocenters. The Balaban J connectivity index is 2.46. The molecule has 59 heavy (non-hydrogen) atoms. The Labute approximate surface area is 339 Å². The summed E-state index contributed by atoms with van der Waals surface area (Å²) in [6.45, 7) is 1.37. The average molecular weight is 838 g/mol. The number of carbonyl (C=O) groups excluding carboxylic acids is 6. The first-order valence-corrected chi connectivity index (χ1v) is 19.3. The number of aliphatic carboxylic acids is 5. The maximum absolute atomic E-state index is 12.6. The fourth-order valence-electron chi connectivity index (χ4n) is 5.97. The molecule has 3 amide bonds. The number of carboxylic acids is 5. The van der Waals surface area contributed by atoms with Gasteiger partial charge in [0.25, 0.3) is 0 Å². The number of aromatic nitrogens is 2. The molecule has 0 saturated carbocycles. The van der Waals surface area contributed by atoms with Gasteiger partial charge in [-0.05, 0) is 58.3 Å². The molecule has 1 aromatic rings. The Morgan fingerprint density at radius 1 is 0.559 bits per heavy atom. The van der Waals surface area contributed by atoms with Crippen LogP contribution in [0, 0.1) is 17.8 Å². The van der Waals surface area contributed by atoms with E-state index in [1.165, 1.54) is 13.3 Å². The molecule has 9 N–H and O–H groups in total. The number of carboxylic acid groups (broad SMARTS) is 5. The van der Waals surface area contributed by atoms with Gasteiger partial charge < -0.3 is 51.3 Å². The number of imidazole rings is 1. The van der Waals surface area contributed by atoms with Crippen molar-refractivity contribution < 1.29 is 78.3 Å². The summed E-state index contributed by atoms with van der Waals surface area (Å²) in [5, 5.41) is 54.3. The fourth-order valence-corrected chi connectivity index (χ4v) is 5.97. The number of nitrogens with one attached hydrogen (secondary N) is 4. The summed E-state index contributed by atoms with van der Waals surface area (Å²) in [4.78, 5) is 138. The van der Waals surface area contributed by atoms with E-state index in [0.29, 0.717) is 25.7 Å². The average Bonchev–Trinajstić information content (AvgIpc) is 3.68. The van der Waals surface area contributed by atoms with Crippen molar-refractivity contribution in [1.82, 2.24) is 25.9 Å². The van der Waals surface area contributed by atoms with Crippen molar-refractivity contribution in [3.8, 4) is 0 Å². The van der Waals surface area contributed by atoms with Crippen molar-refractivity contribution in [2.24, 2.45) is 17.8 Å². The summed E-state index contributed by atoms with van der Waals surface area (Å²) in [6.07, 6.45) is 1.45. The number of amides is 3. The maximum Gasteiger partial charge on any atom is 0.326 e. The number of carbonyl (C=O) groups is 11. The molecule has 328 valence electrons. The van der Waals surface area contributed by atoms with Gasteiger partial charge in [0, 0.05) is 69.8 Å². The summed E-state index contributed by atoms with van der Waals surface area (Å²) < 4.78 is 0. The van der Waals surface area contributed by atoms with Gasteiger partial charge in [0.05, 0.1) is 24.1 Å². The van der Waals surface area contributed by atoms with Crippen LogP contribution >= 0.6 is 0 Å². The molecule has 0 radical (unpaired) electrons. The number of unbranched alkanes of at least 4 members (excludes halogenated alkanes) is 1. The van der Waals surface area contributed by atoms with Crippen LogP contribution in [0.5, 0.6) is 0 Å². The minimum Gasteiger partial charge on any atom is -0.481 e. The Kier molecular flexibility index (Phi) is 23.8. The molecule has 5 atom stereocenters. The van der Waals surface area contributed by atoms with Crippen molar-refractivity contribution in [2.45, 2.75) is 128 Å². The molecular formula is C38H55N5O16. The molecule has 21 nitrogen and oxygen atoms in total. The second kappa shape index (κ2) is 27.6. The molecule has 1 heterocycles. The zero-order valence-corrected chi connectivity index (χ0v) is 32.9. The Morgan fingerprint density at radius 2 is 1.05 bits per heavy atom. The van der Waals surface area contributed by atoms with E-state index in [9.17, 15) is 78.3 Å². The molecule has 0 fully saturated rings. The zero-order chi connectivity index (χ0) is 44.5. The maximum atomic E-state index is 12.6. The predicted molar refractivity (Wildman–Crippen MR) is 202 cm³/mol. The van der Waals surface area contributed by atoms with E-state index in [-0.39, 0.29) is 63.7 Å². The highest BCUT2D eigenvalue weighted by Crippen LogP contribution is 2.18. The van der Waals surface area contributed by atoms with Crippen LogP contribution < -0.4 is 16.0 Å². The van der Waals surface area contributed by atoms with Gasteiger partial charge in [-0.2, -0.15) is 0 Å². The molecule has 1 aromatic heterocycles. The van der Waals surface area contributed by atoms with Crippen LogP contribution in [0.4, 0.5) is 0 Å². The molecule has 0 aromatic carbocycles. The second-order valence-corrected chi connectivity index (χ2v) is 14.3. The summed E-state index contributed by atoms with van der Waals surface area (Å²) in [5.74, 6) is -13.3. The molecule has 0 bridgehead atoms. The normalized spacial score (nSPS) is 13.4. The summed E-state index contributed by atoms with van der Waals surface area (Å²) in [6, 6.07) is -3.05. The summed E-state index contributed by atoms with van der Waals surface area (Å²) >= 11 is 0. The van der Waals surface area contributed by atoms with Gasteiger partial charge in [0.1, 0.15) is 29.4 Å². The van der Waals surface area contributed by atoms with Crippen LogP contribution in [0.1, 0.15) is 115 Å². The molecular weight excluding hydrogens is 782 g/mol. The van der Waals surface area contributed by atoms with E-state index in [1.54, 1.807) is 6.20 Å². The number of aromatic amines is 1. The van der Waals surface area contributed by atoms with Crippen molar-refractivity contribution >= 4 is 64.9 Å². The lowest BCUT2D eigenvalue weighted by atomic mass is 9.94. The van der Waals surface area contributed by atoms with Gasteiger partial charge in [-0.1, -0.05) is 6.42 Å². The van der Waals surface area contributed by atoms with Crippen LogP contribution in [0.15, 0.2) is 12.5 Å². The quantitative estimate of drug-likeness (QED) is 0.0441. The third kappa shape index (κ3) is 23.1. The minimum atomic E-state index is -1.55. The smallest absolute Gasteiger partial charge is 0.326 e. The predicted octanol–water partition coefficient (Wildman–Crippen LogP) is 1.28. The lowest BCUT2D eigenvalue weighted by Gasteiger charge is -2.17. The third-order valence-corrected chi connectivity index (χ3v) is 9.44. The van der Waals surface area contributed by atoms with Crippen molar-refractivity contribution in [2.75, 3.05) is 6.54 Å². The molecule has 0 spiro atoms. The second-order valence-electron chi connectivity index (χ2n) is 14.3. The van der Waals surface area contributed by atoms with Crippen molar-refractivity contribution in [3.63, 3.8) is 0 Å². The van der Waals surface area contributed by atoms with Crippen molar-refractivity contribution in [3.05, 3.63) is 18.2 Å². The molecule has 0 aliphatic heterocycles. The first-order chi connectivity index (χ1) is 27.8. The van der Waals surface area contributed by atoms with E-state index in [1.807, 2.05) is 0 Å². The summed E-state index contributed by atoms with van der Waals surface area (Å²) in [5.41, 5.74) is 0.808. The molecule has 21 heteroatoms. The van der Waals surface area contributed by atoms with Gasteiger partial charge in [0.15, 0.2) is 0 Å². The van der Waals surface area contributed by atoms with Crippen LogP contribution in [-0.4, -0.2) is 119 Å². The highest BCUT2D eigenvalue weighted by atomic mass is 16.4. The lowest BCUT2D eigenvalue weighted by molar-refractivity contribution is -0.145. The number of H-pyrrole nitrogens is 1. The van der Waals surface area contributed by atoms with E-state index in [2.05, 4.69) is 25.9 Å². The van der Waals surface area contributed by atoms with E-state index in [0.717, 1.165) is 5.69 Å². The number of nitrogens with zero attached hydrogens (tertiary/aromatic N) is 1. The number of rotatable bonds is 34. The topological polar surface area (TPSA) is 354 Å².